The Labute approximate surface area is 269 Å². The fraction of sp³-hybridized carbons (Fsp3) is 0.367. The first-order valence-corrected chi connectivity index (χ1v) is 14.7. The van der Waals surface area contributed by atoms with Gasteiger partial charge in [-0.15, -0.1) is 22.7 Å². The van der Waals surface area contributed by atoms with Gasteiger partial charge >= 0.3 is 18.9 Å². The average molecular weight is 583 g/mol. The monoisotopic (exact) mass is 582 g/mol. The van der Waals surface area contributed by atoms with Crippen LogP contribution in [0.3, 0.4) is 0 Å². The van der Waals surface area contributed by atoms with E-state index in [1.165, 1.54) is 5.56 Å². The standard InChI is InChI=1S/C15H14N2OS.C15H18N2OS.Al.Li.4H/c1-16-15(7-9-18-10-8-15)14-17-13(11-19-14)12-5-3-2-4-6-12;16-11-15(6-8-18-9-7-15)14-17-13(10-19-14)12-4-2-1-3-5-12;;;;;;/h2-6,11H,7-10H2;1-5,10H,6-9,11,16H2;;;;;;/q;;;+1;;;;-1. The number of thiazole rings is 2. The Kier molecular flexibility index (Phi) is 12.6. The number of nitrogens with two attached hydrogens (primary N) is 1. The van der Waals surface area contributed by atoms with Crippen molar-refractivity contribution in [3.63, 3.8) is 0 Å². The number of aromatic nitrogens is 2. The van der Waals surface area contributed by atoms with Gasteiger partial charge in [-0.2, -0.15) is 0 Å². The Balaban J connectivity index is 0.000000267. The Hall–Kier alpha value is -1.80. The quantitative estimate of drug-likeness (QED) is 0.289. The first kappa shape index (κ1) is 32.7. The zero-order chi connectivity index (χ0) is 26.3. The molecule has 0 atom stereocenters. The van der Waals surface area contributed by atoms with Crippen molar-refractivity contribution in [3.8, 4) is 22.5 Å². The fourth-order valence-corrected chi connectivity index (χ4v) is 6.97. The molecular weight excluding hydrogens is 546 g/mol. The van der Waals surface area contributed by atoms with Gasteiger partial charge in [0.2, 0.25) is 0 Å². The van der Waals surface area contributed by atoms with E-state index in [1.54, 1.807) is 22.7 Å². The van der Waals surface area contributed by atoms with Crippen molar-refractivity contribution in [1.29, 1.82) is 0 Å². The van der Waals surface area contributed by atoms with Crippen LogP contribution < -0.4 is 24.6 Å². The maximum absolute atomic E-state index is 7.53. The summed E-state index contributed by atoms with van der Waals surface area (Å²) in [7, 11) is 0. The maximum atomic E-state index is 7.53. The van der Waals surface area contributed by atoms with Crippen molar-refractivity contribution in [2.75, 3.05) is 33.0 Å². The summed E-state index contributed by atoms with van der Waals surface area (Å²) < 4.78 is 10.8. The van der Waals surface area contributed by atoms with E-state index in [1.807, 2.05) is 53.9 Å². The molecule has 0 unspecified atom stereocenters. The Morgan fingerprint density at radius 2 is 1.23 bits per heavy atom. The topological polar surface area (TPSA) is 74.6 Å². The van der Waals surface area contributed by atoms with E-state index in [9.17, 15) is 0 Å². The number of hydrogen-bond acceptors (Lipinski definition) is 7. The van der Waals surface area contributed by atoms with Crippen molar-refractivity contribution in [1.82, 2.24) is 9.97 Å². The molecule has 2 N–H and O–H groups in total. The predicted molar refractivity (Wildman–Crippen MR) is 165 cm³/mol. The van der Waals surface area contributed by atoms with Crippen LogP contribution in [0.4, 0.5) is 0 Å². The fourth-order valence-electron chi connectivity index (χ4n) is 4.84. The molecule has 6 nitrogen and oxygen atoms in total. The van der Waals surface area contributed by atoms with Crippen molar-refractivity contribution in [2.45, 2.75) is 36.6 Å². The number of hydrogen-bond donors (Lipinski definition) is 1. The summed E-state index contributed by atoms with van der Waals surface area (Å²) in [6, 6.07) is 20.4. The summed E-state index contributed by atoms with van der Waals surface area (Å²) >= 11 is 3.32. The van der Waals surface area contributed by atoms with Crippen LogP contribution in [0.2, 0.25) is 0 Å². The first-order valence-electron chi connectivity index (χ1n) is 13.0. The second-order valence-corrected chi connectivity index (χ2v) is 11.4. The first-order chi connectivity index (χ1) is 18.7. The molecule has 0 radical (unpaired) electrons. The zero-order valence-electron chi connectivity index (χ0n) is 23.3. The molecule has 0 spiro atoms. The normalized spacial score (nSPS) is 17.2. The minimum absolute atomic E-state index is 0. The summed E-state index contributed by atoms with van der Waals surface area (Å²) in [5, 5.41) is 6.28. The molecule has 2 aromatic carbocycles. The SMILES string of the molecule is NCC1(c2nc(-c3ccccc3)cs2)CCOCC1.[AlH3].[C-]#[N+]C1(c2nc(-c3ccccc3)cs2)CCOCC1.[H-].[Li+]. The number of benzene rings is 2. The summed E-state index contributed by atoms with van der Waals surface area (Å²) in [6.45, 7) is 11.1. The van der Waals surface area contributed by atoms with E-state index < -0.39 is 5.54 Å². The van der Waals surface area contributed by atoms with Crippen LogP contribution in [0.5, 0.6) is 0 Å². The predicted octanol–water partition coefficient (Wildman–Crippen LogP) is 2.48. The average Bonchev–Trinajstić information content (AvgIpc) is 3.71. The molecule has 2 saturated heterocycles. The van der Waals surface area contributed by atoms with Crippen LogP contribution in [0, 0.1) is 6.57 Å². The molecular formula is C30H36AlLiN4O2S2. The van der Waals surface area contributed by atoms with Crippen LogP contribution in [-0.4, -0.2) is 60.3 Å². The molecule has 6 rings (SSSR count). The third-order valence-corrected chi connectivity index (χ3v) is 9.50. The van der Waals surface area contributed by atoms with E-state index in [-0.39, 0.29) is 43.1 Å². The maximum Gasteiger partial charge on any atom is 1.00 e. The van der Waals surface area contributed by atoms with Crippen LogP contribution in [0.1, 0.15) is 37.1 Å². The van der Waals surface area contributed by atoms with Gasteiger partial charge in [-0.25, -0.2) is 16.5 Å². The third-order valence-electron chi connectivity index (χ3n) is 7.37. The molecule has 2 aromatic heterocycles. The van der Waals surface area contributed by atoms with Gasteiger partial charge in [0.1, 0.15) is 5.01 Å². The summed E-state index contributed by atoms with van der Waals surface area (Å²) in [5.41, 5.74) is 9.89. The largest absolute Gasteiger partial charge is 1.00 e. The van der Waals surface area contributed by atoms with E-state index in [0.717, 1.165) is 65.9 Å². The second-order valence-electron chi connectivity index (χ2n) is 9.66. The van der Waals surface area contributed by atoms with Crippen molar-refractivity contribution in [3.05, 3.63) is 92.9 Å². The molecule has 2 aliphatic heterocycles. The van der Waals surface area contributed by atoms with E-state index >= 15 is 0 Å². The molecule has 0 saturated carbocycles. The number of rotatable bonds is 5. The van der Waals surface area contributed by atoms with E-state index in [4.69, 9.17) is 31.7 Å². The Morgan fingerprint density at radius 3 is 1.70 bits per heavy atom. The minimum Gasteiger partial charge on any atom is -1.00 e. The summed E-state index contributed by atoms with van der Waals surface area (Å²) in [6.07, 6.45) is 3.45. The number of nitrogens with zero attached hydrogens (tertiary/aromatic N) is 3. The van der Waals surface area contributed by atoms with E-state index in [0.29, 0.717) is 19.8 Å². The molecule has 4 aromatic rings. The molecule has 4 heterocycles. The van der Waals surface area contributed by atoms with Gasteiger partial charge in [0, 0.05) is 47.1 Å². The molecule has 40 heavy (non-hydrogen) atoms. The Morgan fingerprint density at radius 1 is 0.775 bits per heavy atom. The van der Waals surface area contributed by atoms with Crippen LogP contribution >= 0.6 is 22.7 Å². The number of ether oxygens (including phenoxy) is 2. The third kappa shape index (κ3) is 7.33. The minimum atomic E-state index is -0.462. The second kappa shape index (κ2) is 15.4. The molecule has 2 fully saturated rings. The van der Waals surface area contributed by atoms with Crippen molar-refractivity contribution >= 4 is 40.0 Å². The van der Waals surface area contributed by atoms with Crippen LogP contribution in [0.25, 0.3) is 27.4 Å². The molecule has 0 amide bonds. The van der Waals surface area contributed by atoms with Gasteiger partial charge in [0.05, 0.1) is 37.4 Å². The smallest absolute Gasteiger partial charge is 1.00 e. The molecule has 204 valence electrons. The van der Waals surface area contributed by atoms with Gasteiger partial charge in [-0.05, 0) is 12.8 Å². The van der Waals surface area contributed by atoms with Gasteiger partial charge in [-0.3, -0.25) is 0 Å². The van der Waals surface area contributed by atoms with Crippen LogP contribution in [0.15, 0.2) is 71.4 Å². The Bertz CT molecular complexity index is 1360. The summed E-state index contributed by atoms with van der Waals surface area (Å²) in [5.74, 6) is 0. The zero-order valence-corrected chi connectivity index (χ0v) is 24.0. The van der Waals surface area contributed by atoms with Crippen molar-refractivity contribution in [2.24, 2.45) is 5.73 Å². The molecule has 10 heteroatoms. The van der Waals surface area contributed by atoms with Crippen LogP contribution in [-0.2, 0) is 20.4 Å². The van der Waals surface area contributed by atoms with Crippen molar-refractivity contribution < 1.29 is 29.8 Å². The van der Waals surface area contributed by atoms with Gasteiger partial charge < -0.3 is 21.5 Å². The van der Waals surface area contributed by atoms with Gasteiger partial charge in [-0.1, -0.05) is 60.7 Å². The van der Waals surface area contributed by atoms with Gasteiger partial charge in [0.25, 0.3) is 5.54 Å². The molecule has 2 aliphatic rings. The molecule has 0 aliphatic carbocycles. The van der Waals surface area contributed by atoms with Gasteiger partial charge in [0.15, 0.2) is 22.4 Å². The molecule has 0 bridgehead atoms. The summed E-state index contributed by atoms with van der Waals surface area (Å²) in [4.78, 5) is 13.4. The van der Waals surface area contributed by atoms with E-state index in [2.05, 4.69) is 22.4 Å².